The lowest BCUT2D eigenvalue weighted by Gasteiger charge is -2.21. The summed E-state index contributed by atoms with van der Waals surface area (Å²) in [4.78, 5) is 11.2. The number of nitrogens with zero attached hydrogens (tertiary/aromatic N) is 7. The number of methoxy groups -OCH3 is 1. The minimum Gasteiger partial charge on any atom is -0.491 e. The van der Waals surface area contributed by atoms with Crippen molar-refractivity contribution in [3.8, 4) is 23.0 Å². The summed E-state index contributed by atoms with van der Waals surface area (Å²) in [6, 6.07) is 8.38. The molecule has 0 aliphatic heterocycles. The van der Waals surface area contributed by atoms with Gasteiger partial charge in [0.15, 0.2) is 23.1 Å². The zero-order valence-corrected chi connectivity index (χ0v) is 21.0. The molecule has 190 valence electrons. The Morgan fingerprint density at radius 3 is 2.36 bits per heavy atom. The van der Waals surface area contributed by atoms with E-state index in [0.717, 1.165) is 22.9 Å². The Bertz CT molecular complexity index is 1360. The van der Waals surface area contributed by atoms with E-state index >= 15 is 0 Å². The third kappa shape index (κ3) is 4.91. The van der Waals surface area contributed by atoms with Crippen molar-refractivity contribution in [3.05, 3.63) is 65.2 Å². The smallest absolute Gasteiger partial charge is 0.435 e. The lowest BCUT2D eigenvalue weighted by atomic mass is 10.2. The Hall–Kier alpha value is -3.89. The topological polar surface area (TPSA) is 73.9 Å². The molecule has 11 heteroatoms. The monoisotopic (exact) mass is 499 g/mol. The lowest BCUT2D eigenvalue weighted by Crippen LogP contribution is -2.19. The summed E-state index contributed by atoms with van der Waals surface area (Å²) >= 11 is 0. The zero-order chi connectivity index (χ0) is 26.2. The fourth-order valence-corrected chi connectivity index (χ4v) is 3.98. The zero-order valence-electron chi connectivity index (χ0n) is 21.0. The quantitative estimate of drug-likeness (QED) is 0.340. The number of aromatic nitrogens is 6. The van der Waals surface area contributed by atoms with E-state index < -0.39 is 11.9 Å². The Balaban J connectivity index is 1.60. The van der Waals surface area contributed by atoms with Crippen LogP contribution in [0.4, 0.5) is 19.0 Å². The maximum atomic E-state index is 13.0. The molecule has 0 N–H and O–H groups in total. The Labute approximate surface area is 207 Å². The largest absolute Gasteiger partial charge is 0.491 e. The van der Waals surface area contributed by atoms with Gasteiger partial charge in [-0.25, -0.2) is 14.6 Å². The fraction of sp³-hybridized carbons (Fsp3) is 0.360. The van der Waals surface area contributed by atoms with Crippen LogP contribution in [0, 0.1) is 13.8 Å². The molecule has 0 saturated heterocycles. The summed E-state index contributed by atoms with van der Waals surface area (Å²) in [6.45, 7) is 8.14. The first-order valence-electron chi connectivity index (χ1n) is 11.4. The molecule has 0 aliphatic carbocycles. The van der Waals surface area contributed by atoms with Gasteiger partial charge in [-0.1, -0.05) is 12.1 Å². The van der Waals surface area contributed by atoms with Crippen LogP contribution in [0.15, 0.2) is 42.7 Å². The maximum absolute atomic E-state index is 13.0. The minimum absolute atomic E-state index is 0.143. The van der Waals surface area contributed by atoms with Crippen molar-refractivity contribution < 1.29 is 17.9 Å². The van der Waals surface area contributed by atoms with Crippen LogP contribution in [0.1, 0.15) is 42.4 Å². The summed E-state index contributed by atoms with van der Waals surface area (Å²) in [5, 5.41) is 8.17. The van der Waals surface area contributed by atoms with Gasteiger partial charge >= 0.3 is 6.18 Å². The second-order valence-electron chi connectivity index (χ2n) is 8.90. The van der Waals surface area contributed by atoms with Crippen LogP contribution >= 0.6 is 0 Å². The van der Waals surface area contributed by atoms with Gasteiger partial charge in [0, 0.05) is 25.3 Å². The normalized spacial score (nSPS) is 11.8. The molecular formula is C25H28F3N7O. The van der Waals surface area contributed by atoms with Crippen LogP contribution < -0.4 is 9.64 Å². The second kappa shape index (κ2) is 9.63. The number of anilines is 1. The molecule has 0 fully saturated rings. The van der Waals surface area contributed by atoms with Crippen molar-refractivity contribution in [1.82, 2.24) is 29.5 Å². The molecule has 36 heavy (non-hydrogen) atoms. The van der Waals surface area contributed by atoms with Gasteiger partial charge < -0.3 is 9.64 Å². The predicted octanol–water partition coefficient (Wildman–Crippen LogP) is 5.39. The van der Waals surface area contributed by atoms with Gasteiger partial charge in [0.05, 0.1) is 25.2 Å². The molecule has 0 atom stereocenters. The van der Waals surface area contributed by atoms with Crippen LogP contribution in [0.5, 0.6) is 5.75 Å². The summed E-state index contributed by atoms with van der Waals surface area (Å²) < 4.78 is 47.8. The lowest BCUT2D eigenvalue weighted by molar-refractivity contribution is -0.141. The van der Waals surface area contributed by atoms with E-state index in [0.29, 0.717) is 35.3 Å². The molecule has 0 spiro atoms. The highest BCUT2D eigenvalue weighted by atomic mass is 19.4. The van der Waals surface area contributed by atoms with Crippen LogP contribution in [-0.2, 0) is 12.7 Å². The first-order chi connectivity index (χ1) is 17.0. The summed E-state index contributed by atoms with van der Waals surface area (Å²) in [7, 11) is 3.46. The molecule has 4 rings (SSSR count). The van der Waals surface area contributed by atoms with E-state index in [4.69, 9.17) is 9.72 Å². The SMILES string of the molecule is COc1cnc(-c2c(C)cnn2C(C)C)nc1N(C)Cc1ccc(-n2nc(C(F)(F)F)cc2C)cc1. The van der Waals surface area contributed by atoms with Crippen LogP contribution in [0.25, 0.3) is 17.2 Å². The van der Waals surface area contributed by atoms with E-state index in [1.807, 2.05) is 49.5 Å². The van der Waals surface area contributed by atoms with Gasteiger partial charge in [0.1, 0.15) is 5.69 Å². The highest BCUT2D eigenvalue weighted by Gasteiger charge is 2.34. The van der Waals surface area contributed by atoms with E-state index in [2.05, 4.69) is 15.2 Å². The van der Waals surface area contributed by atoms with Crippen LogP contribution in [-0.4, -0.2) is 43.7 Å². The van der Waals surface area contributed by atoms with Crippen molar-refractivity contribution >= 4 is 5.82 Å². The third-order valence-corrected chi connectivity index (χ3v) is 5.78. The first kappa shape index (κ1) is 25.2. The highest BCUT2D eigenvalue weighted by molar-refractivity contribution is 5.61. The first-order valence-corrected chi connectivity index (χ1v) is 11.4. The number of alkyl halides is 3. The highest BCUT2D eigenvalue weighted by Crippen LogP contribution is 2.31. The molecule has 0 bridgehead atoms. The van der Waals surface area contributed by atoms with Crippen molar-refractivity contribution in [2.75, 3.05) is 19.1 Å². The number of benzene rings is 1. The van der Waals surface area contributed by atoms with E-state index in [1.165, 1.54) is 4.68 Å². The van der Waals surface area contributed by atoms with Gasteiger partial charge in [-0.05, 0) is 57.0 Å². The number of rotatable bonds is 7. The van der Waals surface area contributed by atoms with Gasteiger partial charge in [0.2, 0.25) is 0 Å². The molecule has 0 amide bonds. The van der Waals surface area contributed by atoms with E-state index in [1.54, 1.807) is 38.6 Å². The molecule has 8 nitrogen and oxygen atoms in total. The second-order valence-corrected chi connectivity index (χ2v) is 8.90. The Morgan fingerprint density at radius 1 is 1.08 bits per heavy atom. The average Bonchev–Trinajstić information content (AvgIpc) is 3.42. The molecule has 4 aromatic rings. The number of ether oxygens (including phenoxy) is 1. The summed E-state index contributed by atoms with van der Waals surface area (Å²) in [5.74, 6) is 1.68. The van der Waals surface area contributed by atoms with Gasteiger partial charge in [-0.2, -0.15) is 23.4 Å². The van der Waals surface area contributed by atoms with Crippen molar-refractivity contribution in [2.45, 2.75) is 46.5 Å². The molecule has 0 saturated carbocycles. The summed E-state index contributed by atoms with van der Waals surface area (Å²) in [6.07, 6.45) is -1.04. The fourth-order valence-electron chi connectivity index (χ4n) is 3.98. The molecule has 0 aliphatic rings. The molecule has 0 unspecified atom stereocenters. The molecular weight excluding hydrogens is 471 g/mol. The minimum atomic E-state index is -4.49. The van der Waals surface area contributed by atoms with Gasteiger partial charge in [-0.15, -0.1) is 0 Å². The Morgan fingerprint density at radius 2 is 1.78 bits per heavy atom. The van der Waals surface area contributed by atoms with E-state index in [9.17, 15) is 13.2 Å². The van der Waals surface area contributed by atoms with Gasteiger partial charge in [0.25, 0.3) is 0 Å². The van der Waals surface area contributed by atoms with Crippen LogP contribution in [0.2, 0.25) is 0 Å². The average molecular weight is 500 g/mol. The molecule has 3 heterocycles. The molecule has 0 radical (unpaired) electrons. The summed E-state index contributed by atoms with van der Waals surface area (Å²) in [5.41, 5.74) is 2.80. The van der Waals surface area contributed by atoms with Crippen molar-refractivity contribution in [3.63, 3.8) is 0 Å². The number of aryl methyl sites for hydroxylation is 2. The third-order valence-electron chi connectivity index (χ3n) is 5.78. The molecule has 3 aromatic heterocycles. The number of hydrogen-bond acceptors (Lipinski definition) is 6. The van der Waals surface area contributed by atoms with Crippen molar-refractivity contribution in [1.29, 1.82) is 0 Å². The molecule has 1 aromatic carbocycles. The van der Waals surface area contributed by atoms with Crippen molar-refractivity contribution in [2.24, 2.45) is 0 Å². The predicted molar refractivity (Wildman–Crippen MR) is 130 cm³/mol. The maximum Gasteiger partial charge on any atom is 0.435 e. The van der Waals surface area contributed by atoms with E-state index in [-0.39, 0.29) is 6.04 Å². The number of hydrogen-bond donors (Lipinski definition) is 0. The number of halogens is 3. The standard InChI is InChI=1S/C25H28F3N7O/c1-15(2)34-22(16(3)12-30-34)23-29-13-20(36-6)24(31-23)33(5)14-18-7-9-19(10-8-18)35-17(4)11-21(32-35)25(26,27)28/h7-13,15H,14H2,1-6H3. The van der Waals surface area contributed by atoms with Crippen LogP contribution in [0.3, 0.4) is 0 Å². The van der Waals surface area contributed by atoms with Gasteiger partial charge in [-0.3, -0.25) is 4.68 Å². The Kier molecular flexibility index (Phi) is 6.75.